The van der Waals surface area contributed by atoms with E-state index in [4.69, 9.17) is 9.47 Å². The van der Waals surface area contributed by atoms with Crippen LogP contribution in [-0.2, 0) is 14.2 Å². The molecule has 0 aromatic rings. The molecule has 0 saturated carbocycles. The number of hydrogen-bond donors (Lipinski definition) is 0. The zero-order valence-electron chi connectivity index (χ0n) is 8.54. The maximum atomic E-state index is 10.8. The summed E-state index contributed by atoms with van der Waals surface area (Å²) in [5.74, 6) is 0. The van der Waals surface area contributed by atoms with E-state index in [9.17, 15) is 4.79 Å². The summed E-state index contributed by atoms with van der Waals surface area (Å²) in [6.07, 6.45) is 0.833. The highest BCUT2D eigenvalue weighted by molar-refractivity contribution is 5.59. The lowest BCUT2D eigenvalue weighted by Gasteiger charge is -2.12. The predicted octanol–water partition coefficient (Wildman–Crippen LogP) is 2.32. The number of rotatable bonds is 6. The molecule has 0 rings (SSSR count). The molecule has 4 nitrogen and oxygen atoms in total. The minimum absolute atomic E-state index is 0.320. The molecule has 0 fully saturated rings. The van der Waals surface area contributed by atoms with Gasteiger partial charge in [-0.15, -0.1) is 0 Å². The van der Waals surface area contributed by atoms with Gasteiger partial charge in [0.25, 0.3) is 0 Å². The average molecular weight is 190 g/mol. The van der Waals surface area contributed by atoms with E-state index in [1.807, 2.05) is 0 Å². The molecule has 0 spiro atoms. The number of carbonyl (C=O) groups is 1. The van der Waals surface area contributed by atoms with E-state index >= 15 is 0 Å². The van der Waals surface area contributed by atoms with Crippen LogP contribution in [0.3, 0.4) is 0 Å². The molecule has 0 radical (unpaired) electrons. The van der Waals surface area contributed by atoms with E-state index in [0.717, 1.165) is 12.8 Å². The van der Waals surface area contributed by atoms with Gasteiger partial charge in [-0.2, -0.15) is 0 Å². The summed E-state index contributed by atoms with van der Waals surface area (Å²) in [5, 5.41) is 0. The zero-order valence-corrected chi connectivity index (χ0v) is 8.54. The molecule has 1 unspecified atom stereocenters. The van der Waals surface area contributed by atoms with Gasteiger partial charge in [-0.1, -0.05) is 13.3 Å². The molecule has 78 valence electrons. The van der Waals surface area contributed by atoms with Crippen molar-refractivity contribution in [2.24, 2.45) is 0 Å². The SMILES string of the molecule is CCCCOC(C)OC(=O)OCC. The Morgan fingerprint density at radius 1 is 1.38 bits per heavy atom. The highest BCUT2D eigenvalue weighted by atomic mass is 16.8. The number of hydrogen-bond acceptors (Lipinski definition) is 4. The Balaban J connectivity index is 3.38. The van der Waals surface area contributed by atoms with E-state index in [2.05, 4.69) is 11.7 Å². The molecule has 0 amide bonds. The lowest BCUT2D eigenvalue weighted by Crippen LogP contribution is -2.19. The second-order valence-corrected chi connectivity index (χ2v) is 2.59. The van der Waals surface area contributed by atoms with Crippen LogP contribution in [0.1, 0.15) is 33.6 Å². The summed E-state index contributed by atoms with van der Waals surface area (Å²) in [7, 11) is 0. The second-order valence-electron chi connectivity index (χ2n) is 2.59. The molecule has 13 heavy (non-hydrogen) atoms. The van der Waals surface area contributed by atoms with Crippen LogP contribution in [-0.4, -0.2) is 25.7 Å². The van der Waals surface area contributed by atoms with Gasteiger partial charge in [-0.3, -0.25) is 0 Å². The van der Waals surface area contributed by atoms with Gasteiger partial charge in [0.05, 0.1) is 13.2 Å². The number of carbonyl (C=O) groups excluding carboxylic acids is 1. The number of unbranched alkanes of at least 4 members (excludes halogenated alkanes) is 1. The summed E-state index contributed by atoms with van der Waals surface area (Å²) >= 11 is 0. The smallest absolute Gasteiger partial charge is 0.435 e. The van der Waals surface area contributed by atoms with Gasteiger partial charge in [0.2, 0.25) is 6.29 Å². The van der Waals surface area contributed by atoms with Crippen LogP contribution in [0.4, 0.5) is 4.79 Å². The third-order valence-electron chi connectivity index (χ3n) is 1.37. The first-order valence-electron chi connectivity index (χ1n) is 4.65. The molecule has 0 aliphatic heterocycles. The first kappa shape index (κ1) is 12.2. The largest absolute Gasteiger partial charge is 0.510 e. The average Bonchev–Trinajstić information content (AvgIpc) is 2.05. The summed E-state index contributed by atoms with van der Waals surface area (Å²) < 4.78 is 14.5. The van der Waals surface area contributed by atoms with Crippen LogP contribution in [0.15, 0.2) is 0 Å². The molecule has 0 aliphatic carbocycles. The Bertz CT molecular complexity index is 136. The van der Waals surface area contributed by atoms with Crippen molar-refractivity contribution in [2.75, 3.05) is 13.2 Å². The number of ether oxygens (including phenoxy) is 3. The quantitative estimate of drug-likeness (QED) is 0.366. The van der Waals surface area contributed by atoms with Crippen LogP contribution in [0.5, 0.6) is 0 Å². The molecule has 0 aliphatic rings. The molecule has 0 heterocycles. The van der Waals surface area contributed by atoms with E-state index in [-0.39, 0.29) is 0 Å². The minimum atomic E-state index is -0.675. The lowest BCUT2D eigenvalue weighted by atomic mass is 10.4. The van der Waals surface area contributed by atoms with Crippen molar-refractivity contribution in [2.45, 2.75) is 39.9 Å². The van der Waals surface area contributed by atoms with Crippen molar-refractivity contribution in [3.05, 3.63) is 0 Å². The predicted molar refractivity (Wildman–Crippen MR) is 48.4 cm³/mol. The van der Waals surface area contributed by atoms with Gasteiger partial charge in [-0.25, -0.2) is 4.79 Å². The summed E-state index contributed by atoms with van der Waals surface area (Å²) in [4.78, 5) is 10.8. The standard InChI is InChI=1S/C9H18O4/c1-4-6-7-12-8(3)13-9(10)11-5-2/h8H,4-7H2,1-3H3. The van der Waals surface area contributed by atoms with Crippen molar-refractivity contribution in [3.63, 3.8) is 0 Å². The van der Waals surface area contributed by atoms with Gasteiger partial charge in [-0.05, 0) is 20.3 Å². The minimum Gasteiger partial charge on any atom is -0.435 e. The van der Waals surface area contributed by atoms with E-state index in [0.29, 0.717) is 13.2 Å². The third kappa shape index (κ3) is 7.59. The molecule has 0 bridgehead atoms. The maximum absolute atomic E-state index is 10.8. The molecular formula is C9H18O4. The normalized spacial score (nSPS) is 12.2. The highest BCUT2D eigenvalue weighted by Crippen LogP contribution is 1.98. The Morgan fingerprint density at radius 3 is 2.62 bits per heavy atom. The van der Waals surface area contributed by atoms with Crippen LogP contribution < -0.4 is 0 Å². The maximum Gasteiger partial charge on any atom is 0.510 e. The Kier molecular flexibility index (Phi) is 7.39. The summed E-state index contributed by atoms with van der Waals surface area (Å²) in [6, 6.07) is 0. The zero-order chi connectivity index (χ0) is 10.1. The van der Waals surface area contributed by atoms with Gasteiger partial charge in [0.1, 0.15) is 0 Å². The van der Waals surface area contributed by atoms with Crippen molar-refractivity contribution < 1.29 is 19.0 Å². The fourth-order valence-electron chi connectivity index (χ4n) is 0.715. The molecule has 0 N–H and O–H groups in total. The van der Waals surface area contributed by atoms with Crippen molar-refractivity contribution >= 4 is 6.16 Å². The van der Waals surface area contributed by atoms with Crippen molar-refractivity contribution in [1.82, 2.24) is 0 Å². The second kappa shape index (κ2) is 7.86. The Morgan fingerprint density at radius 2 is 2.08 bits per heavy atom. The van der Waals surface area contributed by atoms with Crippen LogP contribution >= 0.6 is 0 Å². The molecule has 1 atom stereocenters. The van der Waals surface area contributed by atoms with Crippen molar-refractivity contribution in [3.8, 4) is 0 Å². The Labute approximate surface area is 79.2 Å². The van der Waals surface area contributed by atoms with E-state index < -0.39 is 12.4 Å². The molecule has 4 heteroatoms. The topological polar surface area (TPSA) is 44.8 Å². The van der Waals surface area contributed by atoms with Crippen LogP contribution in [0.2, 0.25) is 0 Å². The molecule has 0 saturated heterocycles. The van der Waals surface area contributed by atoms with Crippen LogP contribution in [0, 0.1) is 0 Å². The van der Waals surface area contributed by atoms with E-state index in [1.54, 1.807) is 13.8 Å². The molecule has 0 aromatic heterocycles. The fraction of sp³-hybridized carbons (Fsp3) is 0.889. The van der Waals surface area contributed by atoms with Crippen molar-refractivity contribution in [1.29, 1.82) is 0 Å². The third-order valence-corrected chi connectivity index (χ3v) is 1.37. The first-order chi connectivity index (χ1) is 6.20. The molecule has 0 aromatic carbocycles. The monoisotopic (exact) mass is 190 g/mol. The van der Waals surface area contributed by atoms with Gasteiger partial charge in [0.15, 0.2) is 0 Å². The van der Waals surface area contributed by atoms with Crippen LogP contribution in [0.25, 0.3) is 0 Å². The highest BCUT2D eigenvalue weighted by Gasteiger charge is 2.08. The Hall–Kier alpha value is -0.770. The molecular weight excluding hydrogens is 172 g/mol. The van der Waals surface area contributed by atoms with E-state index in [1.165, 1.54) is 0 Å². The van der Waals surface area contributed by atoms with Gasteiger partial charge in [0, 0.05) is 0 Å². The van der Waals surface area contributed by atoms with Gasteiger partial charge >= 0.3 is 6.16 Å². The fourth-order valence-corrected chi connectivity index (χ4v) is 0.715. The summed E-state index contributed by atoms with van der Waals surface area (Å²) in [6.45, 7) is 6.40. The summed E-state index contributed by atoms with van der Waals surface area (Å²) in [5.41, 5.74) is 0. The lowest BCUT2D eigenvalue weighted by molar-refractivity contribution is -0.110. The van der Waals surface area contributed by atoms with Gasteiger partial charge < -0.3 is 14.2 Å². The first-order valence-corrected chi connectivity index (χ1v) is 4.65.